The van der Waals surface area contributed by atoms with Crippen molar-refractivity contribution in [3.05, 3.63) is 83.2 Å². The Hall–Kier alpha value is -3.65. The Labute approximate surface area is 189 Å². The highest BCUT2D eigenvalue weighted by atomic mass is 32.2. The monoisotopic (exact) mass is 447 g/mol. The Kier molecular flexibility index (Phi) is 6.81. The fourth-order valence-corrected chi connectivity index (χ4v) is 4.04. The van der Waals surface area contributed by atoms with Crippen LogP contribution in [0.1, 0.15) is 17.9 Å². The van der Waals surface area contributed by atoms with Gasteiger partial charge < -0.3 is 9.73 Å². The summed E-state index contributed by atoms with van der Waals surface area (Å²) in [4.78, 5) is 42.6. The normalized spacial score (nSPS) is 14.9. The minimum absolute atomic E-state index is 0.125. The maximum atomic E-state index is 12.5. The van der Waals surface area contributed by atoms with Gasteiger partial charge in [-0.25, -0.2) is 4.98 Å². The fourth-order valence-electron chi connectivity index (χ4n) is 3.17. The number of hydrogen-bond acceptors (Lipinski definition) is 6. The Morgan fingerprint density at radius 3 is 2.53 bits per heavy atom. The topological polar surface area (TPSA) is 92.5 Å². The number of carbonyl (C=O) groups is 3. The highest BCUT2D eigenvalue weighted by Gasteiger charge is 2.34. The number of carbonyl (C=O) groups excluding carboxylic acids is 3. The van der Waals surface area contributed by atoms with E-state index in [0.29, 0.717) is 23.0 Å². The molecule has 2 heterocycles. The van der Waals surface area contributed by atoms with Gasteiger partial charge in [0, 0.05) is 31.5 Å². The number of nitrogens with zero attached hydrogens (tertiary/aromatic N) is 2. The van der Waals surface area contributed by atoms with Crippen LogP contribution in [0.4, 0.5) is 4.79 Å². The summed E-state index contributed by atoms with van der Waals surface area (Å²) in [6.45, 7) is 0.316. The van der Waals surface area contributed by atoms with E-state index in [9.17, 15) is 14.4 Å². The molecule has 7 nitrogen and oxygen atoms in total. The fraction of sp³-hybridized carbons (Fsp3) is 0.167. The second kappa shape index (κ2) is 10.1. The predicted molar refractivity (Wildman–Crippen MR) is 122 cm³/mol. The molecule has 1 aromatic heterocycles. The lowest BCUT2D eigenvalue weighted by atomic mass is 10.2. The van der Waals surface area contributed by atoms with E-state index in [4.69, 9.17) is 4.42 Å². The summed E-state index contributed by atoms with van der Waals surface area (Å²) >= 11 is 0.909. The van der Waals surface area contributed by atoms with Crippen molar-refractivity contribution in [3.63, 3.8) is 0 Å². The summed E-state index contributed by atoms with van der Waals surface area (Å²) < 4.78 is 5.70. The van der Waals surface area contributed by atoms with E-state index in [1.165, 1.54) is 0 Å². The number of oxazole rings is 1. The largest absolute Gasteiger partial charge is 0.441 e. The lowest BCUT2D eigenvalue weighted by Gasteiger charge is -2.12. The average Bonchev–Trinajstić information content (AvgIpc) is 3.39. The van der Waals surface area contributed by atoms with Crippen LogP contribution in [0, 0.1) is 0 Å². The highest BCUT2D eigenvalue weighted by Crippen LogP contribution is 2.31. The summed E-state index contributed by atoms with van der Waals surface area (Å²) in [6.07, 6.45) is 3.90. The average molecular weight is 448 g/mol. The van der Waals surface area contributed by atoms with E-state index in [0.717, 1.165) is 27.8 Å². The van der Waals surface area contributed by atoms with Crippen LogP contribution in [0.5, 0.6) is 0 Å². The van der Waals surface area contributed by atoms with Gasteiger partial charge in [0.15, 0.2) is 11.7 Å². The molecule has 32 heavy (non-hydrogen) atoms. The first-order chi connectivity index (χ1) is 15.6. The van der Waals surface area contributed by atoms with Crippen molar-refractivity contribution in [1.29, 1.82) is 0 Å². The highest BCUT2D eigenvalue weighted by molar-refractivity contribution is 8.18. The van der Waals surface area contributed by atoms with Gasteiger partial charge in [-0.3, -0.25) is 19.3 Å². The first-order valence-corrected chi connectivity index (χ1v) is 11.0. The molecule has 1 aliphatic rings. The zero-order valence-corrected chi connectivity index (χ0v) is 18.0. The third-order valence-corrected chi connectivity index (χ3v) is 5.71. The Bertz CT molecular complexity index is 1140. The van der Waals surface area contributed by atoms with Gasteiger partial charge in [-0.05, 0) is 23.4 Å². The molecule has 0 aliphatic carbocycles. The predicted octanol–water partition coefficient (Wildman–Crippen LogP) is 4.13. The van der Waals surface area contributed by atoms with Crippen molar-refractivity contribution in [3.8, 4) is 11.3 Å². The smallest absolute Gasteiger partial charge is 0.293 e. The van der Waals surface area contributed by atoms with Gasteiger partial charge in [-0.15, -0.1) is 0 Å². The lowest BCUT2D eigenvalue weighted by molar-refractivity contribution is -0.124. The van der Waals surface area contributed by atoms with Crippen LogP contribution in [-0.4, -0.2) is 40.0 Å². The molecule has 1 aliphatic heterocycles. The maximum Gasteiger partial charge on any atom is 0.293 e. The Morgan fingerprint density at radius 1 is 1.06 bits per heavy atom. The van der Waals surface area contributed by atoms with Gasteiger partial charge in [0.05, 0.1) is 11.1 Å². The van der Waals surface area contributed by atoms with E-state index < -0.39 is 0 Å². The number of aryl methyl sites for hydroxylation is 1. The van der Waals surface area contributed by atoms with Gasteiger partial charge in [-0.2, -0.15) is 0 Å². The number of rotatable bonds is 8. The van der Waals surface area contributed by atoms with Crippen molar-refractivity contribution in [2.24, 2.45) is 0 Å². The Balaban J connectivity index is 1.23. The number of imide groups is 1. The van der Waals surface area contributed by atoms with Gasteiger partial charge in [0.2, 0.25) is 5.91 Å². The van der Waals surface area contributed by atoms with Crippen molar-refractivity contribution in [2.75, 3.05) is 13.1 Å². The molecular weight excluding hydrogens is 426 g/mol. The molecule has 1 fully saturated rings. The van der Waals surface area contributed by atoms with E-state index in [2.05, 4.69) is 10.3 Å². The molecule has 0 atom stereocenters. The van der Waals surface area contributed by atoms with Crippen molar-refractivity contribution in [1.82, 2.24) is 15.2 Å². The molecule has 2 aromatic carbocycles. The summed E-state index contributed by atoms with van der Waals surface area (Å²) in [5.74, 6) is 0.600. The zero-order valence-electron chi connectivity index (χ0n) is 17.2. The van der Waals surface area contributed by atoms with Crippen LogP contribution in [0.2, 0.25) is 0 Å². The molecule has 0 spiro atoms. The summed E-state index contributed by atoms with van der Waals surface area (Å²) in [5, 5.41) is 2.41. The minimum Gasteiger partial charge on any atom is -0.441 e. The Morgan fingerprint density at radius 2 is 1.78 bits per heavy atom. The number of thioether (sulfide) groups is 1. The molecule has 0 saturated carbocycles. The van der Waals surface area contributed by atoms with Crippen molar-refractivity contribution < 1.29 is 18.8 Å². The zero-order chi connectivity index (χ0) is 22.3. The minimum atomic E-state index is -0.341. The second-order valence-electron chi connectivity index (χ2n) is 7.08. The van der Waals surface area contributed by atoms with E-state index in [-0.39, 0.29) is 36.6 Å². The standard InChI is InChI=1S/C24H21N3O4S/c28-21(11-12-22-26-16-19(31-22)18-9-5-2-6-10-18)25-13-14-27-23(29)20(32-24(27)30)15-17-7-3-1-4-8-17/h1-10,15-16H,11-14H2,(H,25,28)/b20-15-. The molecule has 1 saturated heterocycles. The number of aromatic nitrogens is 1. The van der Waals surface area contributed by atoms with Crippen LogP contribution in [0.15, 0.2) is 76.2 Å². The summed E-state index contributed by atoms with van der Waals surface area (Å²) in [5.41, 5.74) is 1.78. The summed E-state index contributed by atoms with van der Waals surface area (Å²) in [6, 6.07) is 19.0. The molecule has 0 bridgehead atoms. The van der Waals surface area contributed by atoms with Crippen LogP contribution < -0.4 is 5.32 Å². The first kappa shape index (κ1) is 21.6. The molecule has 3 aromatic rings. The first-order valence-electron chi connectivity index (χ1n) is 10.2. The van der Waals surface area contributed by atoms with E-state index in [1.807, 2.05) is 60.7 Å². The SMILES string of the molecule is O=C(CCc1ncc(-c2ccccc2)o1)NCCN1C(=O)S/C(=C\c2ccccc2)C1=O. The number of hydrogen-bond donors (Lipinski definition) is 1. The van der Waals surface area contributed by atoms with Crippen molar-refractivity contribution >= 4 is 34.9 Å². The molecule has 3 amide bonds. The quantitative estimate of drug-likeness (QED) is 0.522. The molecule has 0 unspecified atom stereocenters. The van der Waals surface area contributed by atoms with Gasteiger partial charge in [0.25, 0.3) is 11.1 Å². The third kappa shape index (κ3) is 5.33. The van der Waals surface area contributed by atoms with Gasteiger partial charge >= 0.3 is 0 Å². The van der Waals surface area contributed by atoms with E-state index >= 15 is 0 Å². The second-order valence-corrected chi connectivity index (χ2v) is 8.07. The van der Waals surface area contributed by atoms with Crippen LogP contribution >= 0.6 is 11.8 Å². The lowest BCUT2D eigenvalue weighted by Crippen LogP contribution is -2.37. The number of nitrogens with one attached hydrogen (secondary N) is 1. The van der Waals surface area contributed by atoms with Crippen LogP contribution in [-0.2, 0) is 16.0 Å². The summed E-state index contributed by atoms with van der Waals surface area (Å²) in [7, 11) is 0. The molecule has 1 N–H and O–H groups in total. The molecule has 0 radical (unpaired) electrons. The van der Waals surface area contributed by atoms with Gasteiger partial charge in [-0.1, -0.05) is 60.7 Å². The molecule has 4 rings (SSSR count). The molecule has 8 heteroatoms. The van der Waals surface area contributed by atoms with Crippen LogP contribution in [0.25, 0.3) is 17.4 Å². The maximum absolute atomic E-state index is 12.5. The third-order valence-electron chi connectivity index (χ3n) is 4.81. The van der Waals surface area contributed by atoms with Crippen LogP contribution in [0.3, 0.4) is 0 Å². The molecular formula is C24H21N3O4S. The van der Waals surface area contributed by atoms with Gasteiger partial charge in [0.1, 0.15) is 0 Å². The van der Waals surface area contributed by atoms with Crippen molar-refractivity contribution in [2.45, 2.75) is 12.8 Å². The van der Waals surface area contributed by atoms with E-state index in [1.54, 1.807) is 12.3 Å². The number of benzene rings is 2. The number of amides is 3. The molecule has 162 valence electrons.